The summed E-state index contributed by atoms with van der Waals surface area (Å²) in [5.41, 5.74) is 3.33. The minimum atomic E-state index is 0.185. The quantitative estimate of drug-likeness (QED) is 0.691. The number of morpholine rings is 1. The van der Waals surface area contributed by atoms with Gasteiger partial charge in [-0.25, -0.2) is 15.0 Å². The summed E-state index contributed by atoms with van der Waals surface area (Å²) in [6.07, 6.45) is 1.59. The minimum Gasteiger partial charge on any atom is -0.379 e. The van der Waals surface area contributed by atoms with Crippen molar-refractivity contribution in [2.75, 3.05) is 44.7 Å². The van der Waals surface area contributed by atoms with Crippen molar-refractivity contribution >= 4 is 17.0 Å². The number of fused-ring (bicyclic) bond motifs is 1. The maximum Gasteiger partial charge on any atom is 0.166 e. The number of hydrogen-bond donors (Lipinski definition) is 1. The van der Waals surface area contributed by atoms with Crippen LogP contribution in [-0.2, 0) is 4.74 Å². The first-order valence-corrected chi connectivity index (χ1v) is 9.76. The van der Waals surface area contributed by atoms with Crippen LogP contribution in [0.25, 0.3) is 22.6 Å². The fourth-order valence-corrected chi connectivity index (χ4v) is 3.66. The Labute approximate surface area is 164 Å². The number of nitrogens with one attached hydrogen (secondary N) is 1. The van der Waals surface area contributed by atoms with Crippen LogP contribution < -0.4 is 5.32 Å². The van der Waals surface area contributed by atoms with Crippen LogP contribution in [0.1, 0.15) is 31.3 Å². The normalized spacial score (nSPS) is 15.6. The molecule has 4 heterocycles. The van der Waals surface area contributed by atoms with E-state index in [1.54, 1.807) is 6.33 Å². The van der Waals surface area contributed by atoms with Crippen molar-refractivity contribution in [3.63, 3.8) is 0 Å². The Bertz CT molecular complexity index is 937. The molecular weight excluding hydrogens is 358 g/mol. The molecule has 28 heavy (non-hydrogen) atoms. The molecule has 9 heteroatoms. The largest absolute Gasteiger partial charge is 0.379 e. The highest BCUT2D eigenvalue weighted by Crippen LogP contribution is 2.33. The van der Waals surface area contributed by atoms with Crippen LogP contribution >= 0.6 is 0 Å². The summed E-state index contributed by atoms with van der Waals surface area (Å²) in [6.45, 7) is 13.4. The molecule has 1 aliphatic heterocycles. The lowest BCUT2D eigenvalue weighted by molar-refractivity contribution is 0.0398. The molecule has 3 aromatic heterocycles. The predicted octanol–water partition coefficient (Wildman–Crippen LogP) is 2.42. The molecule has 0 saturated carbocycles. The maximum absolute atomic E-state index is 5.41. The molecule has 0 radical (unpaired) electrons. The Balaban J connectivity index is 1.66. The first-order chi connectivity index (χ1) is 13.6. The molecule has 1 aliphatic rings. The van der Waals surface area contributed by atoms with Gasteiger partial charge in [-0.1, -0.05) is 5.16 Å². The van der Waals surface area contributed by atoms with E-state index in [0.717, 1.165) is 79.2 Å². The standard InChI is InChI=1S/C19H27N7O2/c1-12(2)26-18(15-13(3)24-28-14(15)4)23-16-17(21-11-22-19(16)26)20-5-6-25-7-9-27-10-8-25/h11-12H,5-10H2,1-4H3,(H,20,21,22). The molecule has 0 bridgehead atoms. The molecule has 0 amide bonds. The fraction of sp³-hybridized carbons (Fsp3) is 0.579. The second kappa shape index (κ2) is 7.84. The molecule has 1 fully saturated rings. The van der Waals surface area contributed by atoms with Gasteiger partial charge in [-0.05, 0) is 27.7 Å². The second-order valence-corrected chi connectivity index (χ2v) is 7.37. The van der Waals surface area contributed by atoms with E-state index in [1.165, 1.54) is 0 Å². The average Bonchev–Trinajstić information content (AvgIpc) is 3.22. The molecule has 0 aromatic carbocycles. The zero-order chi connectivity index (χ0) is 19.7. The van der Waals surface area contributed by atoms with E-state index < -0.39 is 0 Å². The number of rotatable bonds is 6. The summed E-state index contributed by atoms with van der Waals surface area (Å²) in [6, 6.07) is 0.185. The zero-order valence-electron chi connectivity index (χ0n) is 16.9. The summed E-state index contributed by atoms with van der Waals surface area (Å²) in [4.78, 5) is 16.3. The van der Waals surface area contributed by atoms with Crippen LogP contribution in [0, 0.1) is 13.8 Å². The van der Waals surface area contributed by atoms with Gasteiger partial charge in [0.05, 0.1) is 24.5 Å². The van der Waals surface area contributed by atoms with Gasteiger partial charge in [0.15, 0.2) is 17.0 Å². The molecule has 0 aliphatic carbocycles. The van der Waals surface area contributed by atoms with Crippen molar-refractivity contribution < 1.29 is 9.26 Å². The molecule has 1 N–H and O–H groups in total. The van der Waals surface area contributed by atoms with Crippen molar-refractivity contribution in [3.8, 4) is 11.4 Å². The van der Waals surface area contributed by atoms with Gasteiger partial charge in [-0.2, -0.15) is 0 Å². The van der Waals surface area contributed by atoms with Crippen LogP contribution in [0.3, 0.4) is 0 Å². The zero-order valence-corrected chi connectivity index (χ0v) is 16.9. The SMILES string of the molecule is Cc1noc(C)c1-c1nc2c(NCCN3CCOCC3)ncnc2n1C(C)C. The van der Waals surface area contributed by atoms with Crippen molar-refractivity contribution in [2.24, 2.45) is 0 Å². The van der Waals surface area contributed by atoms with Gasteiger partial charge >= 0.3 is 0 Å². The number of aryl methyl sites for hydroxylation is 2. The van der Waals surface area contributed by atoms with Gasteiger partial charge in [-0.3, -0.25) is 4.90 Å². The van der Waals surface area contributed by atoms with E-state index in [1.807, 2.05) is 13.8 Å². The summed E-state index contributed by atoms with van der Waals surface area (Å²) in [5.74, 6) is 2.33. The molecule has 4 rings (SSSR count). The Morgan fingerprint density at radius 3 is 2.64 bits per heavy atom. The number of hydrogen-bond acceptors (Lipinski definition) is 8. The van der Waals surface area contributed by atoms with Crippen molar-refractivity contribution in [1.82, 2.24) is 29.6 Å². The Kier molecular flexibility index (Phi) is 5.27. The molecule has 0 unspecified atom stereocenters. The van der Waals surface area contributed by atoms with Crippen molar-refractivity contribution in [1.29, 1.82) is 0 Å². The third-order valence-corrected chi connectivity index (χ3v) is 5.07. The van der Waals surface area contributed by atoms with Gasteiger partial charge in [-0.15, -0.1) is 0 Å². The molecular formula is C19H27N7O2. The van der Waals surface area contributed by atoms with Gasteiger partial charge in [0.2, 0.25) is 0 Å². The highest BCUT2D eigenvalue weighted by atomic mass is 16.5. The molecule has 150 valence electrons. The lowest BCUT2D eigenvalue weighted by Crippen LogP contribution is -2.39. The van der Waals surface area contributed by atoms with Crippen molar-refractivity contribution in [2.45, 2.75) is 33.7 Å². The topological polar surface area (TPSA) is 94.1 Å². The molecule has 1 saturated heterocycles. The van der Waals surface area contributed by atoms with E-state index >= 15 is 0 Å². The highest BCUT2D eigenvalue weighted by Gasteiger charge is 2.23. The van der Waals surface area contributed by atoms with Gasteiger partial charge in [0.1, 0.15) is 17.9 Å². The van der Waals surface area contributed by atoms with Crippen LogP contribution in [0.2, 0.25) is 0 Å². The number of anilines is 1. The molecule has 0 atom stereocenters. The third kappa shape index (κ3) is 3.47. The third-order valence-electron chi connectivity index (χ3n) is 5.07. The average molecular weight is 385 g/mol. The highest BCUT2D eigenvalue weighted by molar-refractivity contribution is 5.87. The van der Waals surface area contributed by atoms with Crippen LogP contribution in [0.5, 0.6) is 0 Å². The van der Waals surface area contributed by atoms with Crippen molar-refractivity contribution in [3.05, 3.63) is 17.8 Å². The van der Waals surface area contributed by atoms with E-state index in [-0.39, 0.29) is 6.04 Å². The molecule has 9 nitrogen and oxygen atoms in total. The first-order valence-electron chi connectivity index (χ1n) is 9.76. The number of imidazole rings is 1. The maximum atomic E-state index is 5.41. The summed E-state index contributed by atoms with van der Waals surface area (Å²) in [7, 11) is 0. The summed E-state index contributed by atoms with van der Waals surface area (Å²) >= 11 is 0. The van der Waals surface area contributed by atoms with Crippen LogP contribution in [0.15, 0.2) is 10.9 Å². The van der Waals surface area contributed by atoms with Gasteiger partial charge < -0.3 is 19.1 Å². The predicted molar refractivity (Wildman–Crippen MR) is 106 cm³/mol. The van der Waals surface area contributed by atoms with E-state index in [4.69, 9.17) is 14.2 Å². The first kappa shape index (κ1) is 18.8. The lowest BCUT2D eigenvalue weighted by Gasteiger charge is -2.26. The van der Waals surface area contributed by atoms with E-state index in [2.05, 4.69) is 43.8 Å². The van der Waals surface area contributed by atoms with Gasteiger partial charge in [0, 0.05) is 32.2 Å². The second-order valence-electron chi connectivity index (χ2n) is 7.37. The minimum absolute atomic E-state index is 0.185. The number of nitrogens with zero attached hydrogens (tertiary/aromatic N) is 6. The number of aromatic nitrogens is 5. The fourth-order valence-electron chi connectivity index (χ4n) is 3.66. The molecule has 0 spiro atoms. The monoisotopic (exact) mass is 385 g/mol. The summed E-state index contributed by atoms with van der Waals surface area (Å²) in [5, 5.41) is 7.53. The van der Waals surface area contributed by atoms with Gasteiger partial charge in [0.25, 0.3) is 0 Å². The summed E-state index contributed by atoms with van der Waals surface area (Å²) < 4.78 is 12.9. The Morgan fingerprint density at radius 2 is 1.96 bits per heavy atom. The number of ether oxygens (including phenoxy) is 1. The Morgan fingerprint density at radius 1 is 1.18 bits per heavy atom. The Hall–Kier alpha value is -2.52. The smallest absolute Gasteiger partial charge is 0.166 e. The van der Waals surface area contributed by atoms with Crippen LogP contribution in [-0.4, -0.2) is 69.0 Å². The van der Waals surface area contributed by atoms with E-state index in [0.29, 0.717) is 0 Å². The van der Waals surface area contributed by atoms with Crippen LogP contribution in [0.4, 0.5) is 5.82 Å². The lowest BCUT2D eigenvalue weighted by atomic mass is 10.2. The molecule has 3 aromatic rings. The van der Waals surface area contributed by atoms with E-state index in [9.17, 15) is 0 Å².